The van der Waals surface area contributed by atoms with Crippen molar-refractivity contribution in [2.45, 2.75) is 32.1 Å². The molecule has 4 rings (SSSR count). The predicted octanol–water partition coefficient (Wildman–Crippen LogP) is 5.08. The summed E-state index contributed by atoms with van der Waals surface area (Å²) >= 11 is 0. The Labute approximate surface area is 176 Å². The van der Waals surface area contributed by atoms with Gasteiger partial charge in [0.1, 0.15) is 17.2 Å². The molecule has 0 aromatic heterocycles. The van der Waals surface area contributed by atoms with E-state index in [0.717, 1.165) is 16.7 Å². The molecule has 0 fully saturated rings. The van der Waals surface area contributed by atoms with Gasteiger partial charge in [0.05, 0.1) is 12.1 Å². The lowest BCUT2D eigenvalue weighted by atomic mass is 9.86. The molecule has 1 aliphatic rings. The average molecular weight is 400 g/mol. The number of phenolic OH excluding ortho intramolecular Hbond substituents is 1. The first kappa shape index (κ1) is 19.7. The molecule has 5 nitrogen and oxygen atoms in total. The quantitative estimate of drug-likeness (QED) is 0.476. The predicted molar refractivity (Wildman–Crippen MR) is 117 cm³/mol. The van der Waals surface area contributed by atoms with Gasteiger partial charge in [-0.2, -0.15) is 5.10 Å². The number of hydrogen-bond acceptors (Lipinski definition) is 4. The fourth-order valence-electron chi connectivity index (χ4n) is 3.55. The van der Waals surface area contributed by atoms with Gasteiger partial charge in [0.2, 0.25) is 0 Å². The molecule has 0 atom stereocenters. The van der Waals surface area contributed by atoms with Gasteiger partial charge >= 0.3 is 0 Å². The Bertz CT molecular complexity index is 1080. The summed E-state index contributed by atoms with van der Waals surface area (Å²) in [7, 11) is 0. The molecule has 1 aliphatic heterocycles. The van der Waals surface area contributed by atoms with Crippen LogP contribution < -0.4 is 10.2 Å². The summed E-state index contributed by atoms with van der Waals surface area (Å²) in [6, 6.07) is 20.4. The standard InChI is InChI=1S/C25H24N2O3/c1-25(2,3)17-12-13-20(28)16(14-17)15-26-27-24(29)23-18-8-4-6-10-21(18)30-22-11-7-5-9-19(22)23/h4-15,23,28H,1-3H3,(H,27,29). The Morgan fingerprint density at radius 3 is 2.20 bits per heavy atom. The van der Waals surface area contributed by atoms with E-state index < -0.39 is 5.92 Å². The molecule has 5 heteroatoms. The van der Waals surface area contributed by atoms with Crippen molar-refractivity contribution in [3.05, 3.63) is 89.0 Å². The van der Waals surface area contributed by atoms with E-state index in [1.165, 1.54) is 6.21 Å². The first-order chi connectivity index (χ1) is 14.3. The van der Waals surface area contributed by atoms with Gasteiger partial charge in [0, 0.05) is 16.7 Å². The maximum absolute atomic E-state index is 13.1. The van der Waals surface area contributed by atoms with Crippen molar-refractivity contribution >= 4 is 12.1 Å². The third kappa shape index (κ3) is 3.79. The lowest BCUT2D eigenvalue weighted by molar-refractivity contribution is -0.121. The Balaban J connectivity index is 1.60. The van der Waals surface area contributed by atoms with Crippen molar-refractivity contribution in [2.75, 3.05) is 0 Å². The molecule has 1 amide bonds. The fraction of sp³-hybridized carbons (Fsp3) is 0.200. The minimum Gasteiger partial charge on any atom is -0.507 e. The van der Waals surface area contributed by atoms with E-state index in [-0.39, 0.29) is 17.1 Å². The van der Waals surface area contributed by atoms with Crippen molar-refractivity contribution in [3.63, 3.8) is 0 Å². The second kappa shape index (κ2) is 7.67. The third-order valence-corrected chi connectivity index (χ3v) is 5.21. The van der Waals surface area contributed by atoms with Crippen LogP contribution >= 0.6 is 0 Å². The van der Waals surface area contributed by atoms with Gasteiger partial charge in [-0.1, -0.05) is 63.2 Å². The van der Waals surface area contributed by atoms with E-state index in [1.807, 2.05) is 60.7 Å². The van der Waals surface area contributed by atoms with Crippen molar-refractivity contribution in [1.82, 2.24) is 5.43 Å². The molecule has 0 bridgehead atoms. The zero-order valence-electron chi connectivity index (χ0n) is 17.2. The summed E-state index contributed by atoms with van der Waals surface area (Å²) in [5.41, 5.74) is 5.78. The van der Waals surface area contributed by atoms with Crippen LogP contribution in [0.2, 0.25) is 0 Å². The molecule has 0 saturated heterocycles. The van der Waals surface area contributed by atoms with Gasteiger partial charge in [-0.15, -0.1) is 0 Å². The lowest BCUT2D eigenvalue weighted by Crippen LogP contribution is -2.28. The highest BCUT2D eigenvalue weighted by Gasteiger charge is 2.32. The van der Waals surface area contributed by atoms with Gasteiger partial charge in [0.15, 0.2) is 0 Å². The first-order valence-corrected chi connectivity index (χ1v) is 9.87. The van der Waals surface area contributed by atoms with E-state index in [0.29, 0.717) is 17.1 Å². The summed E-state index contributed by atoms with van der Waals surface area (Å²) in [4.78, 5) is 13.1. The maximum Gasteiger partial charge on any atom is 0.252 e. The van der Waals surface area contributed by atoms with Crippen molar-refractivity contribution in [3.8, 4) is 17.2 Å². The van der Waals surface area contributed by atoms with Crippen LogP contribution in [0.4, 0.5) is 0 Å². The number of para-hydroxylation sites is 2. The van der Waals surface area contributed by atoms with Crippen LogP contribution in [-0.4, -0.2) is 17.2 Å². The molecule has 1 heterocycles. The number of aromatic hydroxyl groups is 1. The number of amides is 1. The van der Waals surface area contributed by atoms with Crippen molar-refractivity contribution < 1.29 is 14.6 Å². The Morgan fingerprint density at radius 1 is 1.00 bits per heavy atom. The van der Waals surface area contributed by atoms with Gasteiger partial charge < -0.3 is 9.84 Å². The van der Waals surface area contributed by atoms with Gasteiger partial charge in [-0.3, -0.25) is 4.79 Å². The minimum atomic E-state index is -0.530. The zero-order valence-corrected chi connectivity index (χ0v) is 17.2. The van der Waals surface area contributed by atoms with Crippen molar-refractivity contribution in [2.24, 2.45) is 5.10 Å². The number of nitrogens with one attached hydrogen (secondary N) is 1. The number of carbonyl (C=O) groups is 1. The number of rotatable bonds is 3. The van der Waals surface area contributed by atoms with E-state index in [4.69, 9.17) is 4.74 Å². The number of carbonyl (C=O) groups excluding carboxylic acids is 1. The van der Waals surface area contributed by atoms with Gasteiger partial charge in [-0.25, -0.2) is 5.43 Å². The molecular weight excluding hydrogens is 376 g/mol. The Morgan fingerprint density at radius 2 is 1.60 bits per heavy atom. The first-order valence-electron chi connectivity index (χ1n) is 9.87. The number of benzene rings is 3. The number of hydrogen-bond donors (Lipinski definition) is 2. The SMILES string of the molecule is CC(C)(C)c1ccc(O)c(C=NNC(=O)C2c3ccccc3Oc3ccccc32)c1. The second-order valence-corrected chi connectivity index (χ2v) is 8.37. The normalized spacial score (nSPS) is 13.4. The lowest BCUT2D eigenvalue weighted by Gasteiger charge is -2.26. The number of phenols is 1. The molecule has 152 valence electrons. The molecule has 3 aromatic carbocycles. The summed E-state index contributed by atoms with van der Waals surface area (Å²) in [5.74, 6) is 0.646. The van der Waals surface area contributed by atoms with Crippen LogP contribution in [-0.2, 0) is 10.2 Å². The van der Waals surface area contributed by atoms with Crippen LogP contribution in [0, 0.1) is 0 Å². The zero-order chi connectivity index (χ0) is 21.3. The second-order valence-electron chi connectivity index (χ2n) is 8.37. The monoisotopic (exact) mass is 400 g/mol. The maximum atomic E-state index is 13.1. The largest absolute Gasteiger partial charge is 0.507 e. The number of ether oxygens (including phenoxy) is 1. The number of hydrazone groups is 1. The topological polar surface area (TPSA) is 70.9 Å². The highest BCUT2D eigenvalue weighted by Crippen LogP contribution is 2.43. The van der Waals surface area contributed by atoms with E-state index in [9.17, 15) is 9.90 Å². The van der Waals surface area contributed by atoms with Gasteiger partial charge in [-0.05, 0) is 35.2 Å². The van der Waals surface area contributed by atoms with Gasteiger partial charge in [0.25, 0.3) is 5.91 Å². The fourth-order valence-corrected chi connectivity index (χ4v) is 3.55. The summed E-state index contributed by atoms with van der Waals surface area (Å²) in [6.07, 6.45) is 1.47. The number of nitrogens with zero attached hydrogens (tertiary/aromatic N) is 1. The summed E-state index contributed by atoms with van der Waals surface area (Å²) < 4.78 is 5.94. The van der Waals surface area contributed by atoms with E-state index in [2.05, 4.69) is 31.3 Å². The van der Waals surface area contributed by atoms with Crippen LogP contribution in [0.1, 0.15) is 48.9 Å². The molecule has 2 N–H and O–H groups in total. The minimum absolute atomic E-state index is 0.0605. The molecule has 3 aromatic rings. The Hall–Kier alpha value is -3.60. The van der Waals surface area contributed by atoms with Crippen LogP contribution in [0.15, 0.2) is 71.8 Å². The van der Waals surface area contributed by atoms with Crippen LogP contribution in [0.3, 0.4) is 0 Å². The number of fused-ring (bicyclic) bond motifs is 2. The average Bonchev–Trinajstić information content (AvgIpc) is 2.72. The Kier molecular flexibility index (Phi) is 5.04. The molecular formula is C25H24N2O3. The molecule has 0 radical (unpaired) electrons. The highest BCUT2D eigenvalue weighted by atomic mass is 16.5. The molecule has 0 spiro atoms. The van der Waals surface area contributed by atoms with Crippen molar-refractivity contribution in [1.29, 1.82) is 0 Å². The summed E-state index contributed by atoms with van der Waals surface area (Å²) in [6.45, 7) is 6.30. The van der Waals surface area contributed by atoms with Crippen LogP contribution in [0.25, 0.3) is 0 Å². The third-order valence-electron chi connectivity index (χ3n) is 5.21. The van der Waals surface area contributed by atoms with E-state index in [1.54, 1.807) is 6.07 Å². The van der Waals surface area contributed by atoms with E-state index >= 15 is 0 Å². The smallest absolute Gasteiger partial charge is 0.252 e. The molecule has 30 heavy (non-hydrogen) atoms. The van der Waals surface area contributed by atoms with Crippen LogP contribution in [0.5, 0.6) is 17.2 Å². The molecule has 0 aliphatic carbocycles. The molecule has 0 unspecified atom stereocenters. The molecule has 0 saturated carbocycles. The summed E-state index contributed by atoms with van der Waals surface area (Å²) in [5, 5.41) is 14.3. The highest BCUT2D eigenvalue weighted by molar-refractivity contribution is 5.91.